The molecule has 0 bridgehead atoms. The number of morpholine rings is 1. The second-order valence-electron chi connectivity index (χ2n) is 6.60. The number of ether oxygens (including phenoxy) is 2. The molecule has 8 heteroatoms. The maximum Gasteiger partial charge on any atom is 0.262 e. The maximum atomic E-state index is 12.8. The van der Waals surface area contributed by atoms with Gasteiger partial charge in [0.05, 0.1) is 18.1 Å². The van der Waals surface area contributed by atoms with Crippen molar-refractivity contribution in [3.8, 4) is 5.75 Å². The maximum absolute atomic E-state index is 12.8. The fourth-order valence-electron chi connectivity index (χ4n) is 2.88. The van der Waals surface area contributed by atoms with E-state index in [1.54, 1.807) is 18.2 Å². The number of rotatable bonds is 6. The zero-order valence-electron chi connectivity index (χ0n) is 16.0. The van der Waals surface area contributed by atoms with E-state index in [1.165, 1.54) is 10.4 Å². The highest BCUT2D eigenvalue weighted by Gasteiger charge is 2.26. The summed E-state index contributed by atoms with van der Waals surface area (Å²) >= 11 is 0. The summed E-state index contributed by atoms with van der Waals surface area (Å²) in [4.78, 5) is 12.4. The van der Waals surface area contributed by atoms with Gasteiger partial charge in [-0.05, 0) is 43.2 Å². The number of hydrogen-bond donors (Lipinski definition) is 1. The normalized spacial score (nSPS) is 15.2. The molecule has 0 saturated carbocycles. The molecule has 0 aliphatic carbocycles. The van der Waals surface area contributed by atoms with Gasteiger partial charge in [0.15, 0.2) is 6.61 Å². The minimum atomic E-state index is -3.63. The number of anilines is 1. The monoisotopic (exact) mass is 404 g/mol. The van der Waals surface area contributed by atoms with Crippen LogP contribution in [0, 0.1) is 13.8 Å². The van der Waals surface area contributed by atoms with Gasteiger partial charge >= 0.3 is 0 Å². The predicted octanol–water partition coefficient (Wildman–Crippen LogP) is 2.34. The molecule has 7 nitrogen and oxygen atoms in total. The van der Waals surface area contributed by atoms with E-state index in [4.69, 9.17) is 9.47 Å². The van der Waals surface area contributed by atoms with Gasteiger partial charge in [0, 0.05) is 18.8 Å². The molecule has 150 valence electrons. The molecule has 28 heavy (non-hydrogen) atoms. The third kappa shape index (κ3) is 4.70. The van der Waals surface area contributed by atoms with E-state index in [-0.39, 0.29) is 17.4 Å². The van der Waals surface area contributed by atoms with Gasteiger partial charge in [-0.2, -0.15) is 4.31 Å². The van der Waals surface area contributed by atoms with E-state index >= 15 is 0 Å². The average Bonchev–Trinajstić information content (AvgIpc) is 2.69. The number of para-hydroxylation sites is 1. The second kappa shape index (κ2) is 8.72. The standard InChI is InChI=1S/C20H24N2O5S/c1-15-7-8-17(28(24,25)22-9-11-26-12-10-22)13-18(15)21-20(23)14-27-19-6-4-3-5-16(19)2/h3-8,13H,9-12,14H2,1-2H3,(H,21,23). The Bertz CT molecular complexity index is 953. The van der Waals surface area contributed by atoms with E-state index < -0.39 is 10.0 Å². The van der Waals surface area contributed by atoms with Gasteiger partial charge in [-0.1, -0.05) is 24.3 Å². The topological polar surface area (TPSA) is 84.9 Å². The Morgan fingerprint density at radius 3 is 2.54 bits per heavy atom. The number of nitrogens with zero attached hydrogens (tertiary/aromatic N) is 1. The molecule has 0 aromatic heterocycles. The highest BCUT2D eigenvalue weighted by Crippen LogP contribution is 2.24. The van der Waals surface area contributed by atoms with E-state index in [2.05, 4.69) is 5.32 Å². The van der Waals surface area contributed by atoms with Gasteiger partial charge < -0.3 is 14.8 Å². The van der Waals surface area contributed by atoms with Crippen molar-refractivity contribution in [3.05, 3.63) is 53.6 Å². The minimum absolute atomic E-state index is 0.148. The molecular formula is C20H24N2O5S. The summed E-state index contributed by atoms with van der Waals surface area (Å²) in [5.41, 5.74) is 2.16. The fraction of sp³-hybridized carbons (Fsp3) is 0.350. The van der Waals surface area contributed by atoms with Crippen molar-refractivity contribution in [1.82, 2.24) is 4.31 Å². The first-order valence-corrected chi connectivity index (χ1v) is 10.5. The summed E-state index contributed by atoms with van der Waals surface area (Å²) in [6.45, 7) is 4.95. The first kappa shape index (κ1) is 20.3. The Kier molecular flexibility index (Phi) is 6.33. The van der Waals surface area contributed by atoms with Crippen LogP contribution in [0.5, 0.6) is 5.75 Å². The van der Waals surface area contributed by atoms with Crippen LogP contribution in [-0.4, -0.2) is 51.5 Å². The predicted molar refractivity (Wildman–Crippen MR) is 106 cm³/mol. The molecule has 0 unspecified atom stereocenters. The molecule has 0 spiro atoms. The van der Waals surface area contributed by atoms with Crippen LogP contribution in [0.25, 0.3) is 0 Å². The minimum Gasteiger partial charge on any atom is -0.483 e. The number of hydrogen-bond acceptors (Lipinski definition) is 5. The van der Waals surface area contributed by atoms with Crippen LogP contribution in [0.2, 0.25) is 0 Å². The Labute approximate surface area is 165 Å². The number of amides is 1. The molecule has 3 rings (SSSR count). The molecule has 1 saturated heterocycles. The van der Waals surface area contributed by atoms with Gasteiger partial charge in [-0.3, -0.25) is 4.79 Å². The van der Waals surface area contributed by atoms with Gasteiger partial charge in [0.25, 0.3) is 5.91 Å². The van der Waals surface area contributed by atoms with Crippen molar-refractivity contribution >= 4 is 21.6 Å². The first-order chi connectivity index (χ1) is 13.4. The number of carbonyl (C=O) groups is 1. The van der Waals surface area contributed by atoms with Gasteiger partial charge in [-0.25, -0.2) is 8.42 Å². The summed E-state index contributed by atoms with van der Waals surface area (Å²) in [5.74, 6) is 0.283. The van der Waals surface area contributed by atoms with Gasteiger partial charge in [0.2, 0.25) is 10.0 Å². The Morgan fingerprint density at radius 1 is 1.11 bits per heavy atom. The highest BCUT2D eigenvalue weighted by molar-refractivity contribution is 7.89. The summed E-state index contributed by atoms with van der Waals surface area (Å²) < 4.78 is 37.8. The number of aryl methyl sites for hydroxylation is 2. The zero-order valence-corrected chi connectivity index (χ0v) is 16.8. The van der Waals surface area contributed by atoms with Crippen LogP contribution >= 0.6 is 0 Å². The highest BCUT2D eigenvalue weighted by atomic mass is 32.2. The lowest BCUT2D eigenvalue weighted by Gasteiger charge is -2.26. The number of sulfonamides is 1. The summed E-state index contributed by atoms with van der Waals surface area (Å²) in [5, 5.41) is 2.74. The molecule has 1 fully saturated rings. The molecule has 1 amide bonds. The summed E-state index contributed by atoms with van der Waals surface area (Å²) in [7, 11) is -3.63. The summed E-state index contributed by atoms with van der Waals surface area (Å²) in [6, 6.07) is 12.2. The van der Waals surface area contributed by atoms with Crippen LogP contribution in [0.15, 0.2) is 47.4 Å². The lowest BCUT2D eigenvalue weighted by Crippen LogP contribution is -2.40. The van der Waals surface area contributed by atoms with Crippen molar-refractivity contribution in [1.29, 1.82) is 0 Å². The molecular weight excluding hydrogens is 380 g/mol. The molecule has 1 aliphatic rings. The van der Waals surface area contributed by atoms with Crippen LogP contribution < -0.4 is 10.1 Å². The van der Waals surface area contributed by atoms with Crippen molar-refractivity contribution in [3.63, 3.8) is 0 Å². The van der Waals surface area contributed by atoms with Gasteiger partial charge in [0.1, 0.15) is 5.75 Å². The van der Waals surface area contributed by atoms with Crippen molar-refractivity contribution in [2.75, 3.05) is 38.2 Å². The third-order valence-electron chi connectivity index (χ3n) is 4.54. The smallest absolute Gasteiger partial charge is 0.262 e. The average molecular weight is 404 g/mol. The third-order valence-corrected chi connectivity index (χ3v) is 6.44. The van der Waals surface area contributed by atoms with Crippen LogP contribution in [-0.2, 0) is 19.6 Å². The van der Waals surface area contributed by atoms with E-state index in [0.29, 0.717) is 37.7 Å². The van der Waals surface area contributed by atoms with Gasteiger partial charge in [-0.15, -0.1) is 0 Å². The van der Waals surface area contributed by atoms with E-state index in [0.717, 1.165) is 11.1 Å². The molecule has 0 atom stereocenters. The molecule has 1 aliphatic heterocycles. The SMILES string of the molecule is Cc1ccc(S(=O)(=O)N2CCOCC2)cc1NC(=O)COc1ccccc1C. The summed E-state index contributed by atoms with van der Waals surface area (Å²) in [6.07, 6.45) is 0. The molecule has 0 radical (unpaired) electrons. The Hall–Kier alpha value is -2.42. The van der Waals surface area contributed by atoms with Crippen LogP contribution in [0.4, 0.5) is 5.69 Å². The number of carbonyl (C=O) groups excluding carboxylic acids is 1. The lowest BCUT2D eigenvalue weighted by atomic mass is 10.2. The van der Waals surface area contributed by atoms with Crippen LogP contribution in [0.1, 0.15) is 11.1 Å². The van der Waals surface area contributed by atoms with Crippen LogP contribution in [0.3, 0.4) is 0 Å². The number of benzene rings is 2. The van der Waals surface area contributed by atoms with Crippen molar-refractivity contribution < 1.29 is 22.7 Å². The quantitative estimate of drug-likeness (QED) is 0.799. The van der Waals surface area contributed by atoms with E-state index in [1.807, 2.05) is 32.0 Å². The van der Waals surface area contributed by atoms with Crippen molar-refractivity contribution in [2.24, 2.45) is 0 Å². The molecule has 2 aromatic carbocycles. The zero-order chi connectivity index (χ0) is 20.1. The molecule has 2 aromatic rings. The Balaban J connectivity index is 1.71. The lowest BCUT2D eigenvalue weighted by molar-refractivity contribution is -0.118. The first-order valence-electron chi connectivity index (χ1n) is 9.05. The Morgan fingerprint density at radius 2 is 1.82 bits per heavy atom. The molecule has 1 heterocycles. The number of nitrogens with one attached hydrogen (secondary N) is 1. The van der Waals surface area contributed by atoms with Crippen molar-refractivity contribution in [2.45, 2.75) is 18.7 Å². The fourth-order valence-corrected chi connectivity index (χ4v) is 4.31. The second-order valence-corrected chi connectivity index (χ2v) is 8.53. The van der Waals surface area contributed by atoms with E-state index in [9.17, 15) is 13.2 Å². The largest absolute Gasteiger partial charge is 0.483 e. The molecule has 1 N–H and O–H groups in total.